The molecule has 0 bridgehead atoms. The Morgan fingerprint density at radius 2 is 1.95 bits per heavy atom. The molecule has 116 valence electrons. The van der Waals surface area contributed by atoms with Gasteiger partial charge in [0.2, 0.25) is 0 Å². The minimum absolute atomic E-state index is 0.0238. The average molecular weight is 284 g/mol. The van der Waals surface area contributed by atoms with E-state index < -0.39 is 5.97 Å². The summed E-state index contributed by atoms with van der Waals surface area (Å²) in [5.41, 5.74) is 0. The number of nitrogens with zero attached hydrogens (tertiary/aromatic N) is 1. The average Bonchev–Trinajstić information content (AvgIpc) is 2.39. The first-order valence-corrected chi connectivity index (χ1v) is 7.72. The zero-order chi connectivity index (χ0) is 15.0. The molecule has 1 aliphatic rings. The Kier molecular flexibility index (Phi) is 7.41. The third-order valence-corrected chi connectivity index (χ3v) is 4.00. The molecule has 0 aliphatic heterocycles. The second-order valence-corrected chi connectivity index (χ2v) is 6.02. The van der Waals surface area contributed by atoms with E-state index in [1.165, 1.54) is 32.1 Å². The monoisotopic (exact) mass is 284 g/mol. The molecule has 1 unspecified atom stereocenters. The van der Waals surface area contributed by atoms with Gasteiger partial charge >= 0.3 is 12.0 Å². The first kappa shape index (κ1) is 16.8. The highest BCUT2D eigenvalue weighted by atomic mass is 16.4. The van der Waals surface area contributed by atoms with Crippen LogP contribution in [0.25, 0.3) is 0 Å². The first-order chi connectivity index (χ1) is 9.49. The Morgan fingerprint density at radius 1 is 1.30 bits per heavy atom. The van der Waals surface area contributed by atoms with Gasteiger partial charge in [-0.15, -0.1) is 0 Å². The number of urea groups is 1. The number of aliphatic carboxylic acids is 1. The van der Waals surface area contributed by atoms with Crippen LogP contribution < -0.4 is 5.32 Å². The summed E-state index contributed by atoms with van der Waals surface area (Å²) < 4.78 is 0. The predicted molar refractivity (Wildman–Crippen MR) is 78.7 cm³/mol. The Balaban J connectivity index is 2.20. The molecule has 0 aromatic rings. The minimum Gasteiger partial charge on any atom is -0.481 e. The standard InChI is InChI=1S/C15H28N2O3/c1-12(7-6-10-14(18)19)16-15(20)17(2)11-13-8-4-3-5-9-13/h12-13H,3-11H2,1-2H3,(H,16,20)(H,18,19). The maximum atomic E-state index is 12.0. The molecule has 0 radical (unpaired) electrons. The molecule has 20 heavy (non-hydrogen) atoms. The zero-order valence-corrected chi connectivity index (χ0v) is 12.7. The van der Waals surface area contributed by atoms with Crippen LogP contribution in [0.3, 0.4) is 0 Å². The largest absolute Gasteiger partial charge is 0.481 e. The van der Waals surface area contributed by atoms with Crippen molar-refractivity contribution < 1.29 is 14.7 Å². The smallest absolute Gasteiger partial charge is 0.317 e. The molecular formula is C15H28N2O3. The van der Waals surface area contributed by atoms with Crippen LogP contribution in [0.5, 0.6) is 0 Å². The van der Waals surface area contributed by atoms with Crippen molar-refractivity contribution >= 4 is 12.0 Å². The number of carbonyl (C=O) groups is 2. The number of carboxylic acids is 1. The minimum atomic E-state index is -0.780. The molecule has 0 spiro atoms. The third kappa shape index (κ3) is 6.78. The van der Waals surface area contributed by atoms with Crippen molar-refractivity contribution in [3.8, 4) is 0 Å². The Labute approximate surface area is 121 Å². The number of hydrogen-bond acceptors (Lipinski definition) is 2. The van der Waals surface area contributed by atoms with E-state index in [0.29, 0.717) is 18.8 Å². The van der Waals surface area contributed by atoms with Crippen LogP contribution in [-0.4, -0.2) is 41.6 Å². The van der Waals surface area contributed by atoms with Crippen LogP contribution in [0.4, 0.5) is 4.79 Å². The predicted octanol–water partition coefficient (Wildman–Crippen LogP) is 2.85. The van der Waals surface area contributed by atoms with Gasteiger partial charge in [0.25, 0.3) is 0 Å². The quantitative estimate of drug-likeness (QED) is 0.755. The van der Waals surface area contributed by atoms with Gasteiger partial charge in [-0.1, -0.05) is 19.3 Å². The van der Waals surface area contributed by atoms with E-state index in [4.69, 9.17) is 5.11 Å². The summed E-state index contributed by atoms with van der Waals surface area (Å²) >= 11 is 0. The van der Waals surface area contributed by atoms with Crippen molar-refractivity contribution in [1.29, 1.82) is 0 Å². The number of hydrogen-bond donors (Lipinski definition) is 2. The maximum absolute atomic E-state index is 12.0. The molecule has 5 heteroatoms. The number of rotatable bonds is 7. The van der Waals surface area contributed by atoms with Crippen molar-refractivity contribution in [2.75, 3.05) is 13.6 Å². The summed E-state index contributed by atoms with van der Waals surface area (Å²) in [4.78, 5) is 24.2. The van der Waals surface area contributed by atoms with Crippen LogP contribution in [-0.2, 0) is 4.79 Å². The topological polar surface area (TPSA) is 69.6 Å². The number of nitrogens with one attached hydrogen (secondary N) is 1. The summed E-state index contributed by atoms with van der Waals surface area (Å²) in [6.07, 6.45) is 7.82. The van der Waals surface area contributed by atoms with Crippen molar-refractivity contribution in [2.24, 2.45) is 5.92 Å². The molecule has 1 saturated carbocycles. The van der Waals surface area contributed by atoms with Gasteiger partial charge in [-0.3, -0.25) is 4.79 Å². The molecule has 0 aromatic heterocycles. The fraction of sp³-hybridized carbons (Fsp3) is 0.867. The van der Waals surface area contributed by atoms with E-state index in [-0.39, 0.29) is 18.5 Å². The highest BCUT2D eigenvalue weighted by Crippen LogP contribution is 2.24. The normalized spacial score (nSPS) is 17.5. The second-order valence-electron chi connectivity index (χ2n) is 6.02. The first-order valence-electron chi connectivity index (χ1n) is 7.72. The lowest BCUT2D eigenvalue weighted by Gasteiger charge is -2.28. The van der Waals surface area contributed by atoms with Crippen LogP contribution in [0.15, 0.2) is 0 Å². The Hall–Kier alpha value is -1.26. The highest BCUT2D eigenvalue weighted by Gasteiger charge is 2.19. The molecule has 1 aliphatic carbocycles. The Morgan fingerprint density at radius 3 is 2.55 bits per heavy atom. The van der Waals surface area contributed by atoms with Crippen LogP contribution in [0.2, 0.25) is 0 Å². The molecule has 0 heterocycles. The Bertz CT molecular complexity index is 314. The van der Waals surface area contributed by atoms with Crippen molar-refractivity contribution in [3.63, 3.8) is 0 Å². The van der Waals surface area contributed by atoms with E-state index in [1.54, 1.807) is 4.90 Å². The number of amides is 2. The lowest BCUT2D eigenvalue weighted by molar-refractivity contribution is -0.137. The number of carboxylic acid groups (broad SMARTS) is 1. The molecule has 2 amide bonds. The highest BCUT2D eigenvalue weighted by molar-refractivity contribution is 5.74. The van der Waals surface area contributed by atoms with Gasteiger partial charge in [-0.25, -0.2) is 4.79 Å². The van der Waals surface area contributed by atoms with Crippen LogP contribution >= 0.6 is 0 Å². The van der Waals surface area contributed by atoms with Crippen LogP contribution in [0.1, 0.15) is 58.3 Å². The van der Waals surface area contributed by atoms with E-state index >= 15 is 0 Å². The zero-order valence-electron chi connectivity index (χ0n) is 12.7. The van der Waals surface area contributed by atoms with Gasteiger partial charge in [0.1, 0.15) is 0 Å². The molecular weight excluding hydrogens is 256 g/mol. The fourth-order valence-electron chi connectivity index (χ4n) is 2.79. The van der Waals surface area contributed by atoms with Gasteiger partial charge in [0, 0.05) is 26.1 Å². The summed E-state index contributed by atoms with van der Waals surface area (Å²) in [7, 11) is 1.84. The van der Waals surface area contributed by atoms with Crippen molar-refractivity contribution in [2.45, 2.75) is 64.3 Å². The lowest BCUT2D eigenvalue weighted by Crippen LogP contribution is -2.43. The summed E-state index contributed by atoms with van der Waals surface area (Å²) in [5.74, 6) is -0.139. The third-order valence-electron chi connectivity index (χ3n) is 4.00. The van der Waals surface area contributed by atoms with Crippen molar-refractivity contribution in [3.05, 3.63) is 0 Å². The van der Waals surface area contributed by atoms with E-state index in [2.05, 4.69) is 5.32 Å². The molecule has 5 nitrogen and oxygen atoms in total. The van der Waals surface area contributed by atoms with Gasteiger partial charge < -0.3 is 15.3 Å². The van der Waals surface area contributed by atoms with E-state index in [9.17, 15) is 9.59 Å². The summed E-state index contributed by atoms with van der Waals surface area (Å²) in [6, 6.07) is -0.0194. The number of carbonyl (C=O) groups excluding carboxylic acids is 1. The van der Waals surface area contributed by atoms with E-state index in [1.807, 2.05) is 14.0 Å². The van der Waals surface area contributed by atoms with Crippen LogP contribution in [0, 0.1) is 5.92 Å². The summed E-state index contributed by atoms with van der Waals surface area (Å²) in [6.45, 7) is 2.75. The molecule has 1 fully saturated rings. The van der Waals surface area contributed by atoms with Crippen molar-refractivity contribution in [1.82, 2.24) is 10.2 Å². The van der Waals surface area contributed by atoms with E-state index in [0.717, 1.165) is 6.54 Å². The second kappa shape index (κ2) is 8.82. The maximum Gasteiger partial charge on any atom is 0.317 e. The fourth-order valence-corrected chi connectivity index (χ4v) is 2.79. The molecule has 2 N–H and O–H groups in total. The molecule has 0 saturated heterocycles. The van der Waals surface area contributed by atoms with Gasteiger partial charge in [-0.05, 0) is 38.5 Å². The molecule has 0 aromatic carbocycles. The van der Waals surface area contributed by atoms with Gasteiger partial charge in [0.05, 0.1) is 0 Å². The van der Waals surface area contributed by atoms with Gasteiger partial charge in [-0.2, -0.15) is 0 Å². The lowest BCUT2D eigenvalue weighted by atomic mass is 9.89. The summed E-state index contributed by atoms with van der Waals surface area (Å²) in [5, 5.41) is 11.5. The molecule has 1 atom stereocenters. The van der Waals surface area contributed by atoms with Gasteiger partial charge in [0.15, 0.2) is 0 Å². The molecule has 1 rings (SSSR count). The SMILES string of the molecule is CC(CCCC(=O)O)NC(=O)N(C)CC1CCCCC1.